The van der Waals surface area contributed by atoms with Gasteiger partial charge in [0.1, 0.15) is 14.1 Å². The minimum Gasteiger partial charge on any atom is -0.395 e. The van der Waals surface area contributed by atoms with E-state index in [1.165, 1.54) is 18.7 Å². The number of terminal acetylenes is 1. The van der Waals surface area contributed by atoms with Crippen LogP contribution in [-0.2, 0) is 4.74 Å². The molecular weight excluding hydrogens is 292 g/mol. The summed E-state index contributed by atoms with van der Waals surface area (Å²) in [6.45, 7) is -0.564. The van der Waals surface area contributed by atoms with E-state index >= 15 is 0 Å². The number of hydrogen-bond acceptors (Lipinski definition) is 7. The number of fused-ring (bicyclic) bond motifs is 1. The number of halogens is 1. The van der Waals surface area contributed by atoms with Gasteiger partial charge in [0.05, 0.1) is 18.4 Å². The van der Waals surface area contributed by atoms with Gasteiger partial charge in [-0.05, 0) is 0 Å². The molecule has 1 aliphatic rings. The molecule has 10 heteroatoms. The van der Waals surface area contributed by atoms with E-state index in [2.05, 4.69) is 20.9 Å². The number of nitrogens with two attached hydrogens (primary N) is 1. The lowest BCUT2D eigenvalue weighted by atomic mass is 9.68. The average molecular weight is 305 g/mol. The Hall–Kier alpha value is -2.22. The molecule has 0 saturated carbocycles. The summed E-state index contributed by atoms with van der Waals surface area (Å²) < 4.78 is 20.4. The monoisotopic (exact) mass is 305 g/mol. The molecule has 3 rings (SSSR count). The molecule has 22 heavy (non-hydrogen) atoms. The van der Waals surface area contributed by atoms with Crippen molar-refractivity contribution in [3.8, 4) is 12.3 Å². The SMILES string of the molecule is B[C@]1(O)C[C@H](n2cnc3c(N)nc(F)nc32)O[C@]1(C#C)CO. The van der Waals surface area contributed by atoms with Crippen LogP contribution in [-0.4, -0.2) is 55.3 Å². The summed E-state index contributed by atoms with van der Waals surface area (Å²) in [6, 6.07) is 0. The Morgan fingerprint density at radius 3 is 2.95 bits per heavy atom. The Bertz CT molecular complexity index is 789. The van der Waals surface area contributed by atoms with Crippen LogP contribution in [0.1, 0.15) is 12.6 Å². The zero-order chi connectivity index (χ0) is 16.1. The van der Waals surface area contributed by atoms with E-state index in [-0.39, 0.29) is 23.4 Å². The highest BCUT2D eigenvalue weighted by Crippen LogP contribution is 2.43. The normalized spacial score (nSPS) is 31.5. The number of aromatic nitrogens is 4. The molecule has 0 bridgehead atoms. The molecule has 2 aromatic rings. The molecule has 0 radical (unpaired) electrons. The highest BCUT2D eigenvalue weighted by atomic mass is 19.1. The molecule has 3 heterocycles. The highest BCUT2D eigenvalue weighted by molar-refractivity contribution is 6.15. The number of anilines is 1. The van der Waals surface area contributed by atoms with Gasteiger partial charge < -0.3 is 20.7 Å². The fourth-order valence-corrected chi connectivity index (χ4v) is 2.63. The first-order valence-corrected chi connectivity index (χ1v) is 6.48. The minimum atomic E-state index is -1.56. The van der Waals surface area contributed by atoms with Crippen molar-refractivity contribution < 1.29 is 19.3 Å². The van der Waals surface area contributed by atoms with Gasteiger partial charge in [0.15, 0.2) is 22.6 Å². The maximum atomic E-state index is 13.4. The molecule has 1 fully saturated rings. The lowest BCUT2D eigenvalue weighted by Crippen LogP contribution is -2.53. The maximum Gasteiger partial charge on any atom is 0.312 e. The summed E-state index contributed by atoms with van der Waals surface area (Å²) in [6.07, 6.45) is 5.04. The van der Waals surface area contributed by atoms with Crippen LogP contribution < -0.4 is 5.73 Å². The second-order valence-electron chi connectivity index (χ2n) is 5.38. The molecule has 0 aromatic carbocycles. The quantitative estimate of drug-likeness (QED) is 0.338. The van der Waals surface area contributed by atoms with Crippen LogP contribution in [0.3, 0.4) is 0 Å². The van der Waals surface area contributed by atoms with Crippen LogP contribution in [0.25, 0.3) is 11.2 Å². The number of nitrogens with zero attached hydrogens (tertiary/aromatic N) is 4. The van der Waals surface area contributed by atoms with Crippen LogP contribution in [0.2, 0.25) is 0 Å². The lowest BCUT2D eigenvalue weighted by molar-refractivity contribution is -0.101. The number of imidazole rings is 1. The van der Waals surface area contributed by atoms with Gasteiger partial charge in [-0.1, -0.05) is 5.92 Å². The summed E-state index contributed by atoms with van der Waals surface area (Å²) >= 11 is 0. The van der Waals surface area contributed by atoms with Crippen molar-refractivity contribution in [1.82, 2.24) is 19.5 Å². The summed E-state index contributed by atoms with van der Waals surface area (Å²) in [5, 5.41) is 20.0. The third kappa shape index (κ3) is 1.87. The predicted molar refractivity (Wildman–Crippen MR) is 76.6 cm³/mol. The van der Waals surface area contributed by atoms with E-state index in [0.29, 0.717) is 0 Å². The van der Waals surface area contributed by atoms with Gasteiger partial charge in [0.25, 0.3) is 0 Å². The fourth-order valence-electron chi connectivity index (χ4n) is 2.63. The predicted octanol–water partition coefficient (Wildman–Crippen LogP) is -1.85. The van der Waals surface area contributed by atoms with Crippen molar-refractivity contribution in [2.75, 3.05) is 12.3 Å². The smallest absolute Gasteiger partial charge is 0.312 e. The van der Waals surface area contributed by atoms with Crippen molar-refractivity contribution >= 4 is 24.8 Å². The van der Waals surface area contributed by atoms with E-state index in [1.54, 1.807) is 0 Å². The molecule has 8 nitrogen and oxygen atoms in total. The van der Waals surface area contributed by atoms with Gasteiger partial charge in [-0.15, -0.1) is 6.42 Å². The van der Waals surface area contributed by atoms with Crippen molar-refractivity contribution in [3.63, 3.8) is 0 Å². The number of hydrogen-bond donors (Lipinski definition) is 3. The summed E-state index contributed by atoms with van der Waals surface area (Å²) in [7, 11) is 1.46. The van der Waals surface area contributed by atoms with Crippen molar-refractivity contribution in [2.45, 2.75) is 23.8 Å². The van der Waals surface area contributed by atoms with Crippen LogP contribution >= 0.6 is 0 Å². The zero-order valence-electron chi connectivity index (χ0n) is 11.7. The second kappa shape index (κ2) is 4.64. The molecule has 0 aliphatic carbocycles. The van der Waals surface area contributed by atoms with Crippen molar-refractivity contribution in [3.05, 3.63) is 12.4 Å². The Morgan fingerprint density at radius 2 is 2.36 bits per heavy atom. The Morgan fingerprint density at radius 1 is 1.64 bits per heavy atom. The van der Waals surface area contributed by atoms with Crippen molar-refractivity contribution in [1.29, 1.82) is 0 Å². The first kappa shape index (κ1) is 14.7. The highest BCUT2D eigenvalue weighted by Gasteiger charge is 2.55. The number of nitrogen functional groups attached to an aromatic ring is 1. The lowest BCUT2D eigenvalue weighted by Gasteiger charge is -2.31. The molecule has 1 saturated heterocycles. The number of aliphatic hydroxyl groups excluding tert-OH is 1. The maximum absolute atomic E-state index is 13.4. The van der Waals surface area contributed by atoms with E-state index in [4.69, 9.17) is 16.9 Å². The topological polar surface area (TPSA) is 119 Å². The van der Waals surface area contributed by atoms with Crippen molar-refractivity contribution in [2.24, 2.45) is 0 Å². The van der Waals surface area contributed by atoms with Gasteiger partial charge in [0, 0.05) is 6.42 Å². The molecule has 1 aliphatic heterocycles. The van der Waals surface area contributed by atoms with Gasteiger partial charge >= 0.3 is 6.08 Å². The molecule has 0 unspecified atom stereocenters. The zero-order valence-corrected chi connectivity index (χ0v) is 11.7. The summed E-state index contributed by atoms with van der Waals surface area (Å²) in [5.41, 5.74) is 2.89. The molecule has 2 aromatic heterocycles. The molecule has 4 N–H and O–H groups in total. The van der Waals surface area contributed by atoms with Crippen LogP contribution in [0.15, 0.2) is 6.33 Å². The van der Waals surface area contributed by atoms with E-state index in [1.807, 2.05) is 0 Å². The Balaban J connectivity index is 2.09. The van der Waals surface area contributed by atoms with E-state index < -0.39 is 30.0 Å². The third-order valence-electron chi connectivity index (χ3n) is 3.97. The molecule has 0 spiro atoms. The summed E-state index contributed by atoms with van der Waals surface area (Å²) in [4.78, 5) is 11.1. The van der Waals surface area contributed by atoms with Gasteiger partial charge in [-0.3, -0.25) is 4.57 Å². The Labute approximate surface area is 125 Å². The Kier molecular flexibility index (Phi) is 3.10. The van der Waals surface area contributed by atoms with E-state index in [0.717, 1.165) is 0 Å². The standard InChI is InChI=1S/C12H13BFN5O3/c1-2-11(4-20)12(13,21)3-6(22-11)19-5-16-7-8(15)17-10(14)18-9(7)19/h1,5-6,20-21H,3-4,13H2,(H2,15,17,18)/t6-,11-,12+/m1/s1. The first-order chi connectivity index (χ1) is 10.3. The first-order valence-electron chi connectivity index (χ1n) is 6.48. The minimum absolute atomic E-state index is 0.0642. The summed E-state index contributed by atoms with van der Waals surface area (Å²) in [5.74, 6) is 2.19. The second-order valence-corrected chi connectivity index (χ2v) is 5.38. The molecular formula is C12H13BFN5O3. The molecule has 0 amide bonds. The number of rotatable bonds is 2. The van der Waals surface area contributed by atoms with Gasteiger partial charge in [-0.25, -0.2) is 4.98 Å². The van der Waals surface area contributed by atoms with Crippen LogP contribution in [0.5, 0.6) is 0 Å². The fraction of sp³-hybridized carbons (Fsp3) is 0.417. The van der Waals surface area contributed by atoms with Crippen LogP contribution in [0, 0.1) is 18.4 Å². The molecule has 114 valence electrons. The number of aliphatic hydroxyl groups is 2. The van der Waals surface area contributed by atoms with Crippen LogP contribution in [0.4, 0.5) is 10.2 Å². The average Bonchev–Trinajstić information content (AvgIpc) is 2.97. The number of ether oxygens (including phenoxy) is 1. The van der Waals surface area contributed by atoms with E-state index in [9.17, 15) is 14.6 Å². The third-order valence-corrected chi connectivity index (χ3v) is 3.97. The largest absolute Gasteiger partial charge is 0.395 e. The van der Waals surface area contributed by atoms with Gasteiger partial charge in [0.2, 0.25) is 0 Å². The molecule has 3 atom stereocenters. The van der Waals surface area contributed by atoms with Gasteiger partial charge in [-0.2, -0.15) is 14.4 Å².